The molecule has 162 valence electrons. The van der Waals surface area contributed by atoms with Crippen LogP contribution in [0.15, 0.2) is 72.4 Å². The third-order valence-electron chi connectivity index (χ3n) is 5.60. The minimum absolute atomic E-state index is 0.167. The minimum Gasteiger partial charge on any atom is -0.378 e. The Morgan fingerprint density at radius 2 is 1.56 bits per heavy atom. The van der Waals surface area contributed by atoms with E-state index in [1.807, 2.05) is 63.2 Å². The largest absolute Gasteiger partial charge is 0.378 e. The summed E-state index contributed by atoms with van der Waals surface area (Å²) >= 11 is 0. The molecule has 3 aromatic rings. The maximum absolute atomic E-state index is 13.6. The Morgan fingerprint density at radius 1 is 0.844 bits per heavy atom. The lowest BCUT2D eigenvalue weighted by Gasteiger charge is -2.19. The summed E-state index contributed by atoms with van der Waals surface area (Å²) in [5, 5.41) is 3.06. The second kappa shape index (κ2) is 8.30. The van der Waals surface area contributed by atoms with E-state index >= 15 is 0 Å². The first-order valence-electron chi connectivity index (χ1n) is 10.3. The van der Waals surface area contributed by atoms with E-state index in [-0.39, 0.29) is 17.1 Å². The number of rotatable bonds is 5. The highest BCUT2D eigenvalue weighted by atomic mass is 19.1. The van der Waals surface area contributed by atoms with Crippen molar-refractivity contribution in [2.24, 2.45) is 0 Å². The molecule has 6 heteroatoms. The lowest BCUT2D eigenvalue weighted by molar-refractivity contribution is -0.120. The van der Waals surface area contributed by atoms with Crippen LogP contribution >= 0.6 is 0 Å². The standard InChI is InChI=1S/C26H24FN3O2/c1-16-8-9-18(14-17(16)2)23-24(28-20-12-10-19(27)11-13-20)26(32)30(25(23)31)22-7-5-6-21(15-22)29(3)4/h5-15,28H,1-4H3. The molecule has 32 heavy (non-hydrogen) atoms. The molecule has 1 heterocycles. The lowest BCUT2D eigenvalue weighted by atomic mass is 9.99. The van der Waals surface area contributed by atoms with Gasteiger partial charge in [0.15, 0.2) is 0 Å². The van der Waals surface area contributed by atoms with E-state index in [4.69, 9.17) is 0 Å². The summed E-state index contributed by atoms with van der Waals surface area (Å²) in [6, 6.07) is 18.6. The number of anilines is 3. The predicted molar refractivity (Wildman–Crippen MR) is 126 cm³/mol. The molecule has 0 radical (unpaired) electrons. The van der Waals surface area contributed by atoms with Crippen LogP contribution in [0, 0.1) is 19.7 Å². The topological polar surface area (TPSA) is 52.7 Å². The first-order valence-corrected chi connectivity index (χ1v) is 10.3. The lowest BCUT2D eigenvalue weighted by Crippen LogP contribution is -2.32. The fraction of sp³-hybridized carbons (Fsp3) is 0.154. The fourth-order valence-electron chi connectivity index (χ4n) is 3.63. The van der Waals surface area contributed by atoms with Crippen LogP contribution in [0.4, 0.5) is 21.5 Å². The van der Waals surface area contributed by atoms with Crippen LogP contribution in [-0.2, 0) is 9.59 Å². The van der Waals surface area contributed by atoms with Gasteiger partial charge in [-0.25, -0.2) is 9.29 Å². The van der Waals surface area contributed by atoms with Crippen molar-refractivity contribution in [3.8, 4) is 0 Å². The Bertz CT molecular complexity index is 1250. The number of carbonyl (C=O) groups excluding carboxylic acids is 2. The van der Waals surface area contributed by atoms with Crippen LogP contribution in [0.2, 0.25) is 0 Å². The number of hydrogen-bond acceptors (Lipinski definition) is 4. The van der Waals surface area contributed by atoms with Crippen molar-refractivity contribution in [1.29, 1.82) is 0 Å². The normalized spacial score (nSPS) is 13.7. The Balaban J connectivity index is 1.83. The summed E-state index contributed by atoms with van der Waals surface area (Å²) in [4.78, 5) is 30.2. The van der Waals surface area contributed by atoms with Gasteiger partial charge in [-0.15, -0.1) is 0 Å². The molecule has 2 amide bonds. The van der Waals surface area contributed by atoms with Crippen molar-refractivity contribution in [2.75, 3.05) is 29.2 Å². The third kappa shape index (κ3) is 3.87. The second-order valence-corrected chi connectivity index (χ2v) is 8.04. The number of aryl methyl sites for hydroxylation is 2. The van der Waals surface area contributed by atoms with Crippen molar-refractivity contribution in [2.45, 2.75) is 13.8 Å². The van der Waals surface area contributed by atoms with Crippen molar-refractivity contribution in [3.05, 3.63) is 94.9 Å². The van der Waals surface area contributed by atoms with Crippen molar-refractivity contribution in [1.82, 2.24) is 0 Å². The molecule has 1 aliphatic rings. The number of benzene rings is 3. The predicted octanol–water partition coefficient (Wildman–Crippen LogP) is 4.91. The van der Waals surface area contributed by atoms with E-state index in [2.05, 4.69) is 5.32 Å². The molecule has 4 rings (SSSR count). The molecule has 0 aromatic heterocycles. The number of amides is 2. The van der Waals surface area contributed by atoms with Gasteiger partial charge in [-0.1, -0.05) is 24.3 Å². The van der Waals surface area contributed by atoms with Crippen molar-refractivity contribution in [3.63, 3.8) is 0 Å². The van der Waals surface area contributed by atoms with E-state index in [1.54, 1.807) is 12.1 Å². The molecular weight excluding hydrogens is 405 g/mol. The monoisotopic (exact) mass is 429 g/mol. The summed E-state index contributed by atoms with van der Waals surface area (Å²) in [6.45, 7) is 3.96. The van der Waals surface area contributed by atoms with Crippen molar-refractivity contribution < 1.29 is 14.0 Å². The molecule has 0 atom stereocenters. The summed E-state index contributed by atoms with van der Waals surface area (Å²) in [5.41, 5.74) is 5.10. The number of hydrogen-bond donors (Lipinski definition) is 1. The molecule has 0 spiro atoms. The van der Waals surface area contributed by atoms with E-state index in [9.17, 15) is 14.0 Å². The van der Waals surface area contributed by atoms with Crippen LogP contribution in [0.1, 0.15) is 16.7 Å². The van der Waals surface area contributed by atoms with Gasteiger partial charge in [0.1, 0.15) is 11.5 Å². The average molecular weight is 429 g/mol. The highest BCUT2D eigenvalue weighted by molar-refractivity contribution is 6.46. The fourth-order valence-corrected chi connectivity index (χ4v) is 3.63. The van der Waals surface area contributed by atoms with Crippen LogP contribution < -0.4 is 15.1 Å². The maximum Gasteiger partial charge on any atom is 0.282 e. The quantitative estimate of drug-likeness (QED) is 0.586. The number of carbonyl (C=O) groups is 2. The van der Waals surface area contributed by atoms with Gasteiger partial charge >= 0.3 is 0 Å². The smallest absolute Gasteiger partial charge is 0.282 e. The molecule has 0 unspecified atom stereocenters. The summed E-state index contributed by atoms with van der Waals surface area (Å²) in [5.74, 6) is -1.24. The number of nitrogens with zero attached hydrogens (tertiary/aromatic N) is 2. The number of nitrogens with one attached hydrogen (secondary N) is 1. The molecule has 0 saturated heterocycles. The molecule has 0 fully saturated rings. The van der Waals surface area contributed by atoms with Gasteiger partial charge in [-0.05, 0) is 73.0 Å². The molecule has 0 saturated carbocycles. The van der Waals surface area contributed by atoms with Crippen LogP contribution in [0.25, 0.3) is 5.57 Å². The Morgan fingerprint density at radius 3 is 2.22 bits per heavy atom. The summed E-state index contributed by atoms with van der Waals surface area (Å²) in [7, 11) is 3.79. The zero-order chi connectivity index (χ0) is 23.0. The van der Waals surface area contributed by atoms with Gasteiger partial charge in [0.2, 0.25) is 0 Å². The molecule has 1 aliphatic heterocycles. The zero-order valence-electron chi connectivity index (χ0n) is 18.4. The average Bonchev–Trinajstić information content (AvgIpc) is 3.01. The minimum atomic E-state index is -0.455. The SMILES string of the molecule is Cc1ccc(C2=C(Nc3ccc(F)cc3)C(=O)N(c3cccc(N(C)C)c3)C2=O)cc1C. The van der Waals surface area contributed by atoms with Crippen LogP contribution in [0.5, 0.6) is 0 Å². The number of halogens is 1. The molecule has 3 aromatic carbocycles. The van der Waals surface area contributed by atoms with E-state index in [0.29, 0.717) is 16.9 Å². The van der Waals surface area contributed by atoms with E-state index in [0.717, 1.165) is 16.8 Å². The Kier molecular flexibility index (Phi) is 5.53. The van der Waals surface area contributed by atoms with Gasteiger partial charge in [0, 0.05) is 25.5 Å². The van der Waals surface area contributed by atoms with Crippen LogP contribution in [-0.4, -0.2) is 25.9 Å². The van der Waals surface area contributed by atoms with E-state index in [1.165, 1.54) is 29.2 Å². The van der Waals surface area contributed by atoms with Crippen molar-refractivity contribution >= 4 is 34.4 Å². The zero-order valence-corrected chi connectivity index (χ0v) is 18.4. The highest BCUT2D eigenvalue weighted by Gasteiger charge is 2.40. The Labute approximate surface area is 186 Å². The molecular formula is C26H24FN3O2. The summed E-state index contributed by atoms with van der Waals surface area (Å²) < 4.78 is 13.4. The third-order valence-corrected chi connectivity index (χ3v) is 5.60. The first-order chi connectivity index (χ1) is 15.3. The van der Waals surface area contributed by atoms with Gasteiger partial charge < -0.3 is 10.2 Å². The van der Waals surface area contributed by atoms with Crippen LogP contribution in [0.3, 0.4) is 0 Å². The van der Waals surface area contributed by atoms with Gasteiger partial charge in [-0.3, -0.25) is 9.59 Å². The Hall–Kier alpha value is -3.93. The molecule has 0 bridgehead atoms. The van der Waals surface area contributed by atoms with Gasteiger partial charge in [0.25, 0.3) is 11.8 Å². The molecule has 1 N–H and O–H groups in total. The first kappa shape index (κ1) is 21.3. The van der Waals surface area contributed by atoms with Gasteiger partial charge in [-0.2, -0.15) is 0 Å². The van der Waals surface area contributed by atoms with E-state index < -0.39 is 11.8 Å². The molecule has 5 nitrogen and oxygen atoms in total. The second-order valence-electron chi connectivity index (χ2n) is 8.04. The maximum atomic E-state index is 13.6. The summed E-state index contributed by atoms with van der Waals surface area (Å²) in [6.07, 6.45) is 0. The molecule has 0 aliphatic carbocycles. The van der Waals surface area contributed by atoms with Gasteiger partial charge in [0.05, 0.1) is 11.3 Å². The number of imide groups is 1. The highest BCUT2D eigenvalue weighted by Crippen LogP contribution is 2.35.